The molecule has 3 heterocycles. The Morgan fingerprint density at radius 2 is 1.83 bits per heavy atom. The van der Waals surface area contributed by atoms with Gasteiger partial charge in [-0.25, -0.2) is 9.59 Å². The summed E-state index contributed by atoms with van der Waals surface area (Å²) in [6, 6.07) is 13.0. The second-order valence-corrected chi connectivity index (χ2v) is 14.6. The summed E-state index contributed by atoms with van der Waals surface area (Å²) in [7, 11) is 0. The van der Waals surface area contributed by atoms with Gasteiger partial charge in [0, 0.05) is 38.0 Å². The number of allylic oxidation sites excluding steroid dienone is 1. The van der Waals surface area contributed by atoms with Crippen LogP contribution in [-0.4, -0.2) is 81.6 Å². The number of amides is 3. The third-order valence-electron chi connectivity index (χ3n) is 9.98. The van der Waals surface area contributed by atoms with Gasteiger partial charge in [0.1, 0.15) is 23.2 Å². The molecule has 0 unspecified atom stereocenters. The highest BCUT2D eigenvalue weighted by atomic mass is 16.6. The summed E-state index contributed by atoms with van der Waals surface area (Å²) >= 11 is 0. The summed E-state index contributed by atoms with van der Waals surface area (Å²) in [5.74, 6) is -2.21. The summed E-state index contributed by atoms with van der Waals surface area (Å²) in [6.45, 7) is 7.71. The number of hydrogen-bond acceptors (Lipinski definition) is 6. The number of aliphatic carboxylic acids is 1. The van der Waals surface area contributed by atoms with Crippen molar-refractivity contribution < 1.29 is 29.0 Å². The zero-order chi connectivity index (χ0) is 32.6. The van der Waals surface area contributed by atoms with E-state index >= 15 is 0 Å². The molecule has 1 aliphatic carbocycles. The van der Waals surface area contributed by atoms with Crippen molar-refractivity contribution in [3.8, 4) is 0 Å². The van der Waals surface area contributed by atoms with Gasteiger partial charge in [-0.15, -0.1) is 0 Å². The molecule has 3 amide bonds. The molecule has 4 aliphatic rings. The molecule has 1 saturated carbocycles. The number of ether oxygens (including phenoxy) is 1. The van der Waals surface area contributed by atoms with Gasteiger partial charge in [-0.1, -0.05) is 61.4 Å². The number of alkyl carbamates (subject to hydrolysis) is 1. The van der Waals surface area contributed by atoms with Gasteiger partial charge in [0.05, 0.1) is 0 Å². The van der Waals surface area contributed by atoms with E-state index < -0.39 is 41.2 Å². The number of hydrogen-bond donors (Lipinski definition) is 3. The third kappa shape index (κ3) is 6.77. The minimum atomic E-state index is -1.36. The van der Waals surface area contributed by atoms with E-state index in [4.69, 9.17) is 4.74 Å². The Hall–Kier alpha value is -3.92. The average Bonchev–Trinajstić information content (AvgIpc) is 3.37. The summed E-state index contributed by atoms with van der Waals surface area (Å²) in [4.78, 5) is 57.7. The van der Waals surface area contributed by atoms with E-state index in [-0.39, 0.29) is 23.7 Å². The van der Waals surface area contributed by atoms with E-state index in [2.05, 4.69) is 45.9 Å². The number of fused-ring (bicyclic) bond motifs is 5. The topological polar surface area (TPSA) is 128 Å². The number of carboxylic acids is 1. The largest absolute Gasteiger partial charge is 0.479 e. The van der Waals surface area contributed by atoms with Crippen LogP contribution >= 0.6 is 0 Å². The maximum Gasteiger partial charge on any atom is 0.408 e. The molecule has 10 nitrogen and oxygen atoms in total. The fraction of sp³-hybridized carbons (Fsp3) is 0.556. The lowest BCUT2D eigenvalue weighted by atomic mass is 9.93. The predicted molar refractivity (Wildman–Crippen MR) is 174 cm³/mol. The van der Waals surface area contributed by atoms with Crippen LogP contribution in [0.5, 0.6) is 0 Å². The number of likely N-dealkylation sites (tertiary alicyclic amines) is 1. The summed E-state index contributed by atoms with van der Waals surface area (Å²) in [5, 5.41) is 18.3. The third-order valence-corrected chi connectivity index (χ3v) is 9.98. The number of nitrogens with one attached hydrogen (secondary N) is 2. The van der Waals surface area contributed by atoms with Crippen LogP contribution in [0.15, 0.2) is 54.6 Å². The Morgan fingerprint density at radius 3 is 2.59 bits per heavy atom. The van der Waals surface area contributed by atoms with Crippen molar-refractivity contribution in [1.82, 2.24) is 20.4 Å². The minimum Gasteiger partial charge on any atom is -0.479 e. The van der Waals surface area contributed by atoms with Gasteiger partial charge in [0.2, 0.25) is 11.8 Å². The number of rotatable bonds is 4. The normalized spacial score (nSPS) is 31.1. The Balaban J connectivity index is 1.26. The highest BCUT2D eigenvalue weighted by Gasteiger charge is 2.62. The molecule has 6 atom stereocenters. The maximum absolute atomic E-state index is 14.3. The fourth-order valence-electron chi connectivity index (χ4n) is 7.64. The Kier molecular flexibility index (Phi) is 8.85. The van der Waals surface area contributed by atoms with Gasteiger partial charge < -0.3 is 25.4 Å². The van der Waals surface area contributed by atoms with Crippen molar-refractivity contribution in [3.63, 3.8) is 0 Å². The maximum atomic E-state index is 14.3. The van der Waals surface area contributed by atoms with Crippen LogP contribution < -0.4 is 10.6 Å². The molecule has 0 aromatic heterocycles. The second-order valence-electron chi connectivity index (χ2n) is 14.6. The van der Waals surface area contributed by atoms with E-state index in [1.165, 1.54) is 16.3 Å². The van der Waals surface area contributed by atoms with Gasteiger partial charge >= 0.3 is 12.1 Å². The van der Waals surface area contributed by atoms with Gasteiger partial charge in [0.15, 0.2) is 0 Å². The van der Waals surface area contributed by atoms with E-state index in [1.54, 1.807) is 25.7 Å². The van der Waals surface area contributed by atoms with E-state index in [0.717, 1.165) is 32.2 Å². The van der Waals surface area contributed by atoms with Crippen molar-refractivity contribution in [1.29, 1.82) is 0 Å². The van der Waals surface area contributed by atoms with Gasteiger partial charge in [0.25, 0.3) is 0 Å². The van der Waals surface area contributed by atoms with Crippen molar-refractivity contribution in [3.05, 3.63) is 60.2 Å². The first kappa shape index (κ1) is 32.0. The average molecular weight is 631 g/mol. The van der Waals surface area contributed by atoms with Crippen molar-refractivity contribution in [2.75, 3.05) is 19.6 Å². The summed E-state index contributed by atoms with van der Waals surface area (Å²) in [5.41, 5.74) is -0.914. The fourth-order valence-corrected chi connectivity index (χ4v) is 7.64. The highest BCUT2D eigenvalue weighted by Crippen LogP contribution is 2.46. The number of carbonyl (C=O) groups is 4. The predicted octanol–water partition coefficient (Wildman–Crippen LogP) is 4.47. The van der Waals surface area contributed by atoms with Crippen molar-refractivity contribution >= 4 is 34.6 Å². The number of carboxylic acid groups (broad SMARTS) is 1. The molecule has 0 spiro atoms. The number of nitrogens with zero attached hydrogens (tertiary/aromatic N) is 2. The van der Waals surface area contributed by atoms with Crippen LogP contribution in [-0.2, 0) is 25.7 Å². The number of carbonyl (C=O) groups excluding carboxylic acids is 3. The Bertz CT molecular complexity index is 1530. The smallest absolute Gasteiger partial charge is 0.408 e. The van der Waals surface area contributed by atoms with Crippen molar-refractivity contribution in [2.24, 2.45) is 17.8 Å². The zero-order valence-corrected chi connectivity index (χ0v) is 27.0. The molecule has 0 radical (unpaired) electrons. The SMILES string of the molecule is CC(C)(C)OC(=O)N[C@@H]1CCCCC/C=C\[C@@H]2C[C@@]2(C(=O)O)NC(=O)[C@@H]2[C@H]3CN(Cc4ccc5ccccc5c4)C[C@H]3CN2C1=O. The van der Waals surface area contributed by atoms with E-state index in [9.17, 15) is 24.3 Å². The molecule has 46 heavy (non-hydrogen) atoms. The molecular formula is C36H46N4O6. The molecule has 246 valence electrons. The molecule has 3 fully saturated rings. The first-order chi connectivity index (χ1) is 21.9. The van der Waals surface area contributed by atoms with Crippen LogP contribution in [0.3, 0.4) is 0 Å². The zero-order valence-electron chi connectivity index (χ0n) is 27.0. The Morgan fingerprint density at radius 1 is 1.04 bits per heavy atom. The first-order valence-electron chi connectivity index (χ1n) is 16.7. The molecule has 3 aliphatic heterocycles. The molecule has 2 aromatic rings. The molecule has 2 saturated heterocycles. The highest BCUT2D eigenvalue weighted by molar-refractivity contribution is 5.96. The van der Waals surface area contributed by atoms with Gasteiger partial charge in [-0.3, -0.25) is 14.5 Å². The molecule has 6 rings (SSSR count). The molecule has 0 bridgehead atoms. The second kappa shape index (κ2) is 12.7. The molecule has 10 heteroatoms. The molecule has 2 aromatic carbocycles. The van der Waals surface area contributed by atoms with Crippen LogP contribution in [0, 0.1) is 17.8 Å². The van der Waals surface area contributed by atoms with E-state index in [0.29, 0.717) is 32.5 Å². The number of benzene rings is 2. The van der Waals surface area contributed by atoms with Crippen LogP contribution in [0.25, 0.3) is 10.8 Å². The standard InChI is InChI=1S/C36H46N4O6/c1-35(2,3)46-34(45)37-29-14-8-6-4-5-7-13-27-18-36(27,33(43)44)38-31(41)30-28-22-39(20-26(28)21-40(30)32(29)42)19-23-15-16-24-11-9-10-12-25(24)17-23/h7,9-13,15-17,26-30H,4-6,8,14,18-22H2,1-3H3,(H,37,45)(H,38,41)(H,43,44)/b13-7-/t26-,27+,28-,29+,30-,36+/m0/s1. The van der Waals surface area contributed by atoms with Crippen LogP contribution in [0.2, 0.25) is 0 Å². The quantitative estimate of drug-likeness (QED) is 0.426. The van der Waals surface area contributed by atoms with Crippen LogP contribution in [0.1, 0.15) is 64.9 Å². The summed E-state index contributed by atoms with van der Waals surface area (Å²) < 4.78 is 5.50. The lowest BCUT2D eigenvalue weighted by Gasteiger charge is -2.33. The summed E-state index contributed by atoms with van der Waals surface area (Å²) in [6.07, 6.45) is 7.25. The lowest BCUT2D eigenvalue weighted by Crippen LogP contribution is -2.58. The minimum absolute atomic E-state index is 0.0388. The monoisotopic (exact) mass is 630 g/mol. The Labute approximate surface area is 270 Å². The van der Waals surface area contributed by atoms with Crippen molar-refractivity contribution in [2.45, 2.75) is 89.1 Å². The first-order valence-corrected chi connectivity index (χ1v) is 16.7. The van der Waals surface area contributed by atoms with Gasteiger partial charge in [-0.2, -0.15) is 0 Å². The van der Waals surface area contributed by atoms with Crippen LogP contribution in [0.4, 0.5) is 4.79 Å². The molecule has 3 N–H and O–H groups in total. The van der Waals surface area contributed by atoms with Gasteiger partial charge in [-0.05, 0) is 74.8 Å². The molecular weight excluding hydrogens is 584 g/mol. The lowest BCUT2D eigenvalue weighted by molar-refractivity contribution is -0.146. The van der Waals surface area contributed by atoms with E-state index in [1.807, 2.05) is 24.3 Å².